The number of para-hydroxylation sites is 1. The summed E-state index contributed by atoms with van der Waals surface area (Å²) in [7, 11) is 0. The van der Waals surface area contributed by atoms with Crippen molar-refractivity contribution >= 4 is 17.6 Å². The molecule has 0 saturated heterocycles. The topological polar surface area (TPSA) is 72.6 Å². The number of carbonyl (C=O) groups is 2. The molecule has 5 heteroatoms. The highest BCUT2D eigenvalue weighted by Crippen LogP contribution is 2.27. The molecule has 20 heavy (non-hydrogen) atoms. The number of ether oxygens (including phenoxy) is 1. The SMILES string of the molecule is CC(C)(C)OC(=O)CN1C(=O)C(N)Cc2ccccc21. The normalized spacial score (nSPS) is 18.7. The molecule has 108 valence electrons. The molecule has 1 aromatic rings. The van der Waals surface area contributed by atoms with E-state index in [-0.39, 0.29) is 12.5 Å². The third kappa shape index (κ3) is 3.17. The van der Waals surface area contributed by atoms with E-state index in [4.69, 9.17) is 10.5 Å². The van der Waals surface area contributed by atoms with Gasteiger partial charge in [-0.2, -0.15) is 0 Å². The van der Waals surface area contributed by atoms with Crippen LogP contribution < -0.4 is 10.6 Å². The highest BCUT2D eigenvalue weighted by atomic mass is 16.6. The van der Waals surface area contributed by atoms with Crippen molar-refractivity contribution in [3.63, 3.8) is 0 Å². The number of amides is 1. The van der Waals surface area contributed by atoms with Gasteiger partial charge in [-0.1, -0.05) is 18.2 Å². The van der Waals surface area contributed by atoms with Gasteiger partial charge in [0, 0.05) is 5.69 Å². The van der Waals surface area contributed by atoms with Gasteiger partial charge in [0.15, 0.2) is 0 Å². The molecule has 2 rings (SSSR count). The smallest absolute Gasteiger partial charge is 0.326 e. The molecule has 5 nitrogen and oxygen atoms in total. The van der Waals surface area contributed by atoms with Crippen molar-refractivity contribution < 1.29 is 14.3 Å². The van der Waals surface area contributed by atoms with Gasteiger partial charge in [-0.3, -0.25) is 14.5 Å². The Morgan fingerprint density at radius 2 is 2.05 bits per heavy atom. The molecule has 1 aliphatic rings. The molecule has 1 aliphatic heterocycles. The van der Waals surface area contributed by atoms with Crippen LogP contribution in [0.4, 0.5) is 5.69 Å². The molecule has 0 radical (unpaired) electrons. The van der Waals surface area contributed by atoms with Crippen LogP contribution >= 0.6 is 0 Å². The van der Waals surface area contributed by atoms with E-state index in [2.05, 4.69) is 0 Å². The van der Waals surface area contributed by atoms with Crippen molar-refractivity contribution in [1.29, 1.82) is 0 Å². The lowest BCUT2D eigenvalue weighted by Crippen LogP contribution is -2.51. The molecular formula is C15H20N2O3. The first-order chi connectivity index (χ1) is 9.28. The minimum absolute atomic E-state index is 0.110. The Balaban J connectivity index is 2.22. The second-order valence-corrected chi connectivity index (χ2v) is 5.95. The van der Waals surface area contributed by atoms with Crippen molar-refractivity contribution in [2.24, 2.45) is 5.73 Å². The van der Waals surface area contributed by atoms with E-state index >= 15 is 0 Å². The molecule has 0 spiro atoms. The van der Waals surface area contributed by atoms with Crippen molar-refractivity contribution in [2.45, 2.75) is 38.8 Å². The Labute approximate surface area is 118 Å². The van der Waals surface area contributed by atoms with Crippen molar-refractivity contribution in [1.82, 2.24) is 0 Å². The summed E-state index contributed by atoms with van der Waals surface area (Å²) in [4.78, 5) is 25.5. The molecule has 1 heterocycles. The molecule has 0 saturated carbocycles. The summed E-state index contributed by atoms with van der Waals surface area (Å²) in [6.07, 6.45) is 0.500. The number of nitrogens with zero attached hydrogens (tertiary/aromatic N) is 1. The van der Waals surface area contributed by atoms with E-state index in [0.29, 0.717) is 6.42 Å². The Bertz CT molecular complexity index is 534. The van der Waals surface area contributed by atoms with Gasteiger partial charge in [0.25, 0.3) is 0 Å². The molecule has 0 aromatic heterocycles. The number of anilines is 1. The van der Waals surface area contributed by atoms with Crippen LogP contribution in [0.15, 0.2) is 24.3 Å². The average Bonchev–Trinajstić information content (AvgIpc) is 2.32. The summed E-state index contributed by atoms with van der Waals surface area (Å²) in [6, 6.07) is 6.87. The van der Waals surface area contributed by atoms with Crippen LogP contribution in [0.3, 0.4) is 0 Å². The number of fused-ring (bicyclic) bond motifs is 1. The van der Waals surface area contributed by atoms with E-state index in [1.807, 2.05) is 24.3 Å². The molecule has 1 amide bonds. The Kier molecular flexibility index (Phi) is 3.81. The summed E-state index contributed by atoms with van der Waals surface area (Å²) in [5.41, 5.74) is 6.99. The third-order valence-electron chi connectivity index (χ3n) is 3.01. The minimum atomic E-state index is -0.604. The first kappa shape index (κ1) is 14.5. The van der Waals surface area contributed by atoms with Gasteiger partial charge < -0.3 is 10.5 Å². The highest BCUT2D eigenvalue weighted by Gasteiger charge is 2.32. The molecular weight excluding hydrogens is 256 g/mol. The van der Waals surface area contributed by atoms with Gasteiger partial charge in [-0.15, -0.1) is 0 Å². The van der Waals surface area contributed by atoms with Gasteiger partial charge in [0.1, 0.15) is 12.1 Å². The molecule has 0 bridgehead atoms. The average molecular weight is 276 g/mol. The molecule has 2 N–H and O–H groups in total. The van der Waals surface area contributed by atoms with Crippen molar-refractivity contribution in [3.05, 3.63) is 29.8 Å². The zero-order valence-electron chi connectivity index (χ0n) is 12.1. The van der Waals surface area contributed by atoms with E-state index in [1.165, 1.54) is 4.90 Å². The predicted octanol–water partition coefficient (Wildman–Crippen LogP) is 1.24. The fraction of sp³-hybridized carbons (Fsp3) is 0.467. The number of nitrogens with two attached hydrogens (primary N) is 1. The van der Waals surface area contributed by atoms with Crippen LogP contribution in [0.1, 0.15) is 26.3 Å². The first-order valence-corrected chi connectivity index (χ1v) is 6.64. The number of carbonyl (C=O) groups excluding carboxylic acids is 2. The largest absolute Gasteiger partial charge is 0.459 e. The van der Waals surface area contributed by atoms with Gasteiger partial charge >= 0.3 is 5.97 Å². The minimum Gasteiger partial charge on any atom is -0.459 e. The van der Waals surface area contributed by atoms with Crippen LogP contribution in [0, 0.1) is 0 Å². The summed E-state index contributed by atoms with van der Waals surface area (Å²) in [5.74, 6) is -0.677. The third-order valence-corrected chi connectivity index (χ3v) is 3.01. The van der Waals surface area contributed by atoms with E-state index in [1.54, 1.807) is 20.8 Å². The van der Waals surface area contributed by atoms with E-state index < -0.39 is 17.6 Å². The second kappa shape index (κ2) is 5.25. The van der Waals surface area contributed by atoms with E-state index in [0.717, 1.165) is 11.3 Å². The lowest BCUT2D eigenvalue weighted by atomic mass is 9.98. The summed E-state index contributed by atoms with van der Waals surface area (Å²) in [6.45, 7) is 5.27. The van der Waals surface area contributed by atoms with Crippen LogP contribution in [-0.4, -0.2) is 30.1 Å². The maximum atomic E-state index is 12.2. The lowest BCUT2D eigenvalue weighted by molar-refractivity contribution is -0.153. The monoisotopic (exact) mass is 276 g/mol. The highest BCUT2D eigenvalue weighted by molar-refractivity contribution is 6.03. The summed E-state index contributed by atoms with van der Waals surface area (Å²) in [5, 5.41) is 0. The zero-order chi connectivity index (χ0) is 14.9. The fourth-order valence-corrected chi connectivity index (χ4v) is 2.26. The molecule has 1 unspecified atom stereocenters. The lowest BCUT2D eigenvalue weighted by Gasteiger charge is -2.32. The van der Waals surface area contributed by atoms with Gasteiger partial charge in [0.05, 0.1) is 6.04 Å². The Morgan fingerprint density at radius 3 is 2.70 bits per heavy atom. The predicted molar refractivity (Wildman–Crippen MR) is 76.3 cm³/mol. The molecule has 1 aromatic carbocycles. The van der Waals surface area contributed by atoms with Crippen LogP contribution in [0.25, 0.3) is 0 Å². The summed E-state index contributed by atoms with van der Waals surface area (Å²) < 4.78 is 5.27. The molecule has 1 atom stereocenters. The summed E-state index contributed by atoms with van der Waals surface area (Å²) >= 11 is 0. The zero-order valence-corrected chi connectivity index (χ0v) is 12.1. The number of hydrogen-bond acceptors (Lipinski definition) is 4. The maximum Gasteiger partial charge on any atom is 0.326 e. The maximum absolute atomic E-state index is 12.2. The van der Waals surface area contributed by atoms with E-state index in [9.17, 15) is 9.59 Å². The van der Waals surface area contributed by atoms with Gasteiger partial charge in [-0.05, 0) is 38.8 Å². The number of hydrogen-bond donors (Lipinski definition) is 1. The fourth-order valence-electron chi connectivity index (χ4n) is 2.26. The first-order valence-electron chi connectivity index (χ1n) is 6.64. The van der Waals surface area contributed by atoms with Gasteiger partial charge in [0.2, 0.25) is 5.91 Å². The number of esters is 1. The number of benzene rings is 1. The van der Waals surface area contributed by atoms with Gasteiger partial charge in [-0.25, -0.2) is 0 Å². The quantitative estimate of drug-likeness (QED) is 0.825. The van der Waals surface area contributed by atoms with Crippen LogP contribution in [0.2, 0.25) is 0 Å². The standard InChI is InChI=1S/C15H20N2O3/c1-15(2,3)20-13(18)9-17-12-7-5-4-6-10(12)8-11(16)14(17)19/h4-7,11H,8-9,16H2,1-3H3. The second-order valence-electron chi connectivity index (χ2n) is 5.95. The van der Waals surface area contributed by atoms with Crippen molar-refractivity contribution in [3.8, 4) is 0 Å². The Hall–Kier alpha value is -1.88. The molecule has 0 fully saturated rings. The van der Waals surface area contributed by atoms with Crippen LogP contribution in [-0.2, 0) is 20.7 Å². The van der Waals surface area contributed by atoms with Crippen molar-refractivity contribution in [2.75, 3.05) is 11.4 Å². The molecule has 0 aliphatic carbocycles. The van der Waals surface area contributed by atoms with Crippen LogP contribution in [0.5, 0.6) is 0 Å². The number of rotatable bonds is 2. The Morgan fingerprint density at radius 1 is 1.40 bits per heavy atom.